The highest BCUT2D eigenvalue weighted by molar-refractivity contribution is 5.89. The largest absolute Gasteiger partial charge is 0.461 e. The lowest BCUT2D eigenvalue weighted by Gasteiger charge is -2.12. The van der Waals surface area contributed by atoms with E-state index in [0.29, 0.717) is 5.88 Å². The Morgan fingerprint density at radius 3 is 3.00 bits per heavy atom. The molecule has 0 aromatic carbocycles. The van der Waals surface area contributed by atoms with Crippen LogP contribution in [0.25, 0.3) is 0 Å². The molecular formula is C7H8N2O2. The summed E-state index contributed by atoms with van der Waals surface area (Å²) in [5, 5.41) is 3.82. The van der Waals surface area contributed by atoms with Gasteiger partial charge in [0, 0.05) is 6.07 Å². The van der Waals surface area contributed by atoms with Gasteiger partial charge in [0.15, 0.2) is 5.60 Å². The van der Waals surface area contributed by atoms with E-state index in [4.69, 9.17) is 4.74 Å². The molecular weight excluding hydrogens is 144 g/mol. The molecule has 1 aliphatic heterocycles. The molecule has 0 saturated carbocycles. The molecule has 0 atom stereocenters. The molecule has 0 radical (unpaired) electrons. The molecule has 2 rings (SSSR count). The van der Waals surface area contributed by atoms with Gasteiger partial charge in [-0.15, -0.1) is 0 Å². The van der Waals surface area contributed by atoms with E-state index < -0.39 is 5.60 Å². The zero-order chi connectivity index (χ0) is 8.06. The first-order valence-electron chi connectivity index (χ1n) is 3.39. The predicted octanol–water partition coefficient (Wildman–Crippen LogP) is 0.694. The summed E-state index contributed by atoms with van der Waals surface area (Å²) in [6.45, 7) is 3.45. The highest BCUT2D eigenvalue weighted by Gasteiger charge is 2.40. The lowest BCUT2D eigenvalue weighted by Crippen LogP contribution is -2.34. The van der Waals surface area contributed by atoms with Gasteiger partial charge in [0.2, 0.25) is 5.88 Å². The van der Waals surface area contributed by atoms with E-state index in [0.717, 1.165) is 0 Å². The Morgan fingerprint density at radius 2 is 2.36 bits per heavy atom. The normalized spacial score (nSPS) is 19.6. The first kappa shape index (κ1) is 6.39. The van der Waals surface area contributed by atoms with Gasteiger partial charge in [-0.2, -0.15) is 9.78 Å². The van der Waals surface area contributed by atoms with Crippen molar-refractivity contribution in [2.24, 2.45) is 0 Å². The Kier molecular flexibility index (Phi) is 0.952. The summed E-state index contributed by atoms with van der Waals surface area (Å²) in [6.07, 6.45) is 1.54. The van der Waals surface area contributed by atoms with Gasteiger partial charge in [-0.25, -0.2) is 0 Å². The minimum atomic E-state index is -0.746. The summed E-state index contributed by atoms with van der Waals surface area (Å²) in [6, 6.07) is 1.67. The fraction of sp³-hybridized carbons (Fsp3) is 0.429. The number of ether oxygens (including phenoxy) is 1. The van der Waals surface area contributed by atoms with Gasteiger partial charge < -0.3 is 4.74 Å². The topological polar surface area (TPSA) is 44.1 Å². The summed E-state index contributed by atoms with van der Waals surface area (Å²) in [5.41, 5.74) is -0.746. The molecule has 1 aromatic rings. The van der Waals surface area contributed by atoms with Crippen LogP contribution in [0.15, 0.2) is 12.3 Å². The highest BCUT2D eigenvalue weighted by Crippen LogP contribution is 2.26. The fourth-order valence-electron chi connectivity index (χ4n) is 1.08. The van der Waals surface area contributed by atoms with Gasteiger partial charge in [-0.1, -0.05) is 0 Å². The Bertz CT molecular complexity index is 314. The van der Waals surface area contributed by atoms with Crippen molar-refractivity contribution in [1.29, 1.82) is 0 Å². The first-order chi connectivity index (χ1) is 5.11. The molecule has 0 aliphatic carbocycles. The molecule has 0 fully saturated rings. The zero-order valence-corrected chi connectivity index (χ0v) is 6.37. The quantitative estimate of drug-likeness (QED) is 0.549. The standard InChI is InChI=1S/C7H8N2O2/c1-7(2)6(10)9-5(11-7)3-4-8-9/h3-4H,1-2H3. The third kappa shape index (κ3) is 0.691. The maximum atomic E-state index is 11.4. The molecule has 11 heavy (non-hydrogen) atoms. The maximum absolute atomic E-state index is 11.4. The van der Waals surface area contributed by atoms with Crippen LogP contribution in [-0.4, -0.2) is 21.3 Å². The molecule has 0 N–H and O–H groups in total. The molecule has 58 valence electrons. The van der Waals surface area contributed by atoms with Gasteiger partial charge >= 0.3 is 0 Å². The third-order valence-electron chi connectivity index (χ3n) is 1.68. The monoisotopic (exact) mass is 152 g/mol. The summed E-state index contributed by atoms with van der Waals surface area (Å²) in [7, 11) is 0. The number of rotatable bonds is 0. The van der Waals surface area contributed by atoms with E-state index >= 15 is 0 Å². The minimum absolute atomic E-state index is 0.113. The average Bonchev–Trinajstić information content (AvgIpc) is 2.39. The number of carbonyl (C=O) groups excluding carboxylic acids is 1. The molecule has 4 heteroatoms. The van der Waals surface area contributed by atoms with Crippen LogP contribution in [0.1, 0.15) is 18.6 Å². The zero-order valence-electron chi connectivity index (χ0n) is 6.37. The van der Waals surface area contributed by atoms with Gasteiger partial charge in [0.25, 0.3) is 5.91 Å². The first-order valence-corrected chi connectivity index (χ1v) is 3.39. The van der Waals surface area contributed by atoms with Crippen molar-refractivity contribution in [1.82, 2.24) is 9.78 Å². The lowest BCUT2D eigenvalue weighted by molar-refractivity contribution is 0.0639. The van der Waals surface area contributed by atoms with E-state index in [1.165, 1.54) is 4.68 Å². The molecule has 0 spiro atoms. The van der Waals surface area contributed by atoms with E-state index in [1.807, 2.05) is 0 Å². The molecule has 2 heterocycles. The summed E-state index contributed by atoms with van der Waals surface area (Å²) in [4.78, 5) is 11.4. The molecule has 1 aliphatic rings. The SMILES string of the molecule is CC1(C)Oc2ccnn2C1=O. The maximum Gasteiger partial charge on any atom is 0.293 e. The van der Waals surface area contributed by atoms with E-state index in [1.54, 1.807) is 26.1 Å². The summed E-state index contributed by atoms with van der Waals surface area (Å²) < 4.78 is 6.58. The summed E-state index contributed by atoms with van der Waals surface area (Å²) in [5.74, 6) is 0.414. The smallest absolute Gasteiger partial charge is 0.293 e. The number of fused-ring (bicyclic) bond motifs is 1. The number of hydrogen-bond acceptors (Lipinski definition) is 3. The van der Waals surface area contributed by atoms with E-state index in [2.05, 4.69) is 5.10 Å². The molecule has 1 aromatic heterocycles. The highest BCUT2D eigenvalue weighted by atomic mass is 16.5. The van der Waals surface area contributed by atoms with Crippen LogP contribution in [0.5, 0.6) is 5.88 Å². The lowest BCUT2D eigenvalue weighted by atomic mass is 10.1. The van der Waals surface area contributed by atoms with Crippen LogP contribution in [0, 0.1) is 0 Å². The summed E-state index contributed by atoms with van der Waals surface area (Å²) >= 11 is 0. The van der Waals surface area contributed by atoms with E-state index in [-0.39, 0.29) is 5.91 Å². The van der Waals surface area contributed by atoms with Crippen molar-refractivity contribution in [2.45, 2.75) is 19.4 Å². The Hall–Kier alpha value is -1.32. The van der Waals surface area contributed by atoms with Gasteiger partial charge in [0.1, 0.15) is 0 Å². The molecule has 0 bridgehead atoms. The number of hydrogen-bond donors (Lipinski definition) is 0. The van der Waals surface area contributed by atoms with Crippen LogP contribution in [0.3, 0.4) is 0 Å². The van der Waals surface area contributed by atoms with Crippen molar-refractivity contribution >= 4 is 5.91 Å². The van der Waals surface area contributed by atoms with Gasteiger partial charge in [-0.3, -0.25) is 4.79 Å². The second-order valence-electron chi connectivity index (χ2n) is 3.00. The van der Waals surface area contributed by atoms with Crippen molar-refractivity contribution < 1.29 is 9.53 Å². The van der Waals surface area contributed by atoms with Crippen molar-refractivity contribution in [3.05, 3.63) is 12.3 Å². The van der Waals surface area contributed by atoms with Gasteiger partial charge in [0.05, 0.1) is 6.20 Å². The second kappa shape index (κ2) is 1.64. The average molecular weight is 152 g/mol. The number of nitrogens with zero attached hydrogens (tertiary/aromatic N) is 2. The predicted molar refractivity (Wildman–Crippen MR) is 37.6 cm³/mol. The Labute approximate surface area is 63.8 Å². The minimum Gasteiger partial charge on any atom is -0.461 e. The van der Waals surface area contributed by atoms with Crippen LogP contribution in [0.4, 0.5) is 0 Å². The van der Waals surface area contributed by atoms with Crippen molar-refractivity contribution in [3.8, 4) is 5.88 Å². The molecule has 0 unspecified atom stereocenters. The van der Waals surface area contributed by atoms with Crippen molar-refractivity contribution in [2.75, 3.05) is 0 Å². The molecule has 0 saturated heterocycles. The molecule has 0 amide bonds. The Balaban J connectivity index is 2.54. The molecule has 4 nitrogen and oxygen atoms in total. The van der Waals surface area contributed by atoms with Crippen LogP contribution < -0.4 is 4.74 Å². The number of carbonyl (C=O) groups is 1. The second-order valence-corrected chi connectivity index (χ2v) is 3.00. The van der Waals surface area contributed by atoms with Crippen molar-refractivity contribution in [3.63, 3.8) is 0 Å². The number of aromatic nitrogens is 2. The Morgan fingerprint density at radius 1 is 1.64 bits per heavy atom. The van der Waals surface area contributed by atoms with Crippen LogP contribution in [0.2, 0.25) is 0 Å². The third-order valence-corrected chi connectivity index (χ3v) is 1.68. The van der Waals surface area contributed by atoms with Gasteiger partial charge in [-0.05, 0) is 13.8 Å². The fourth-order valence-corrected chi connectivity index (χ4v) is 1.08. The van der Waals surface area contributed by atoms with Crippen LogP contribution >= 0.6 is 0 Å². The van der Waals surface area contributed by atoms with Crippen LogP contribution in [-0.2, 0) is 0 Å². The van der Waals surface area contributed by atoms with E-state index in [9.17, 15) is 4.79 Å².